The molecule has 0 amide bonds. The zero-order chi connectivity index (χ0) is 45.9. The Hall–Kier alpha value is -5.93. The van der Waals surface area contributed by atoms with Crippen LogP contribution in [-0.2, 0) is 71.4 Å². The molecule has 2 aromatic rings. The zero-order valence-electron chi connectivity index (χ0n) is 35.2. The summed E-state index contributed by atoms with van der Waals surface area (Å²) in [5, 5.41) is 25.7. The van der Waals surface area contributed by atoms with Gasteiger partial charge in [-0.15, -0.1) is 0 Å². The van der Waals surface area contributed by atoms with Crippen LogP contribution in [0.1, 0.15) is 94.5 Å². The maximum Gasteiger partial charge on any atom is 0.341 e. The highest BCUT2D eigenvalue weighted by atomic mass is 16.7. The maximum atomic E-state index is 14.6. The van der Waals surface area contributed by atoms with Gasteiger partial charge in [-0.1, -0.05) is 6.92 Å². The first-order valence-electron chi connectivity index (χ1n) is 19.4. The maximum absolute atomic E-state index is 14.6. The average molecular weight is 874 g/mol. The van der Waals surface area contributed by atoms with Crippen LogP contribution in [0.3, 0.4) is 0 Å². The van der Waals surface area contributed by atoms with Crippen molar-refractivity contribution in [2.75, 3.05) is 13.2 Å². The second-order valence-electron chi connectivity index (χ2n) is 16.4. The fraction of sp³-hybridized carbons (Fsp3) is 0.585. The van der Waals surface area contributed by atoms with Crippen LogP contribution >= 0.6 is 0 Å². The Kier molecular flexibility index (Phi) is 11.8. The number of rotatable bonds is 8. The van der Waals surface area contributed by atoms with Crippen LogP contribution in [0.2, 0.25) is 0 Å². The number of aromatic nitrogens is 1. The first-order valence-corrected chi connectivity index (χ1v) is 19.4. The quantitative estimate of drug-likeness (QED) is 0.277. The smallest absolute Gasteiger partial charge is 0.341 e. The van der Waals surface area contributed by atoms with Gasteiger partial charge in [-0.25, -0.2) is 14.4 Å². The number of nitrogens with zero attached hydrogens (tertiary/aromatic N) is 1. The third kappa shape index (κ3) is 7.14. The second-order valence-corrected chi connectivity index (χ2v) is 16.4. The van der Waals surface area contributed by atoms with Gasteiger partial charge in [0.1, 0.15) is 48.3 Å². The third-order valence-electron chi connectivity index (χ3n) is 12.3. The van der Waals surface area contributed by atoms with Crippen LogP contribution in [0.25, 0.3) is 0 Å². The molecule has 2 aromatic heterocycles. The number of hydrogen-bond acceptors (Lipinski definition) is 21. The Labute approximate surface area is 353 Å². The molecular weight excluding hydrogens is 826 g/mol. The summed E-state index contributed by atoms with van der Waals surface area (Å²) in [5.74, 6) is -12.1. The van der Waals surface area contributed by atoms with E-state index in [1.54, 1.807) is 0 Å². The number of carbonyl (C=O) groups is 8. The molecule has 4 aliphatic rings. The van der Waals surface area contributed by atoms with Crippen molar-refractivity contribution in [1.82, 2.24) is 4.98 Å². The van der Waals surface area contributed by atoms with E-state index in [-0.39, 0.29) is 16.7 Å². The number of aliphatic hydroxyl groups is 2. The van der Waals surface area contributed by atoms with Crippen LogP contribution < -0.4 is 0 Å². The Morgan fingerprint density at radius 2 is 1.40 bits per heavy atom. The molecule has 6 rings (SSSR count). The molecule has 2 aliphatic carbocycles. The predicted molar refractivity (Wildman–Crippen MR) is 199 cm³/mol. The van der Waals surface area contributed by atoms with Crippen molar-refractivity contribution < 1.29 is 95.6 Å². The van der Waals surface area contributed by atoms with Crippen LogP contribution in [0.5, 0.6) is 0 Å². The standard InChI is InChI=1S/C41H47NO20/c1-18-25-10-12-42-14-26(25)35(49)55-16-37(7)27-28(56-20(3)44)32(58-22(5)46)40(17-54-19(2)43)33(59-23(6)47)29(60-34(48)24-11-13-53-15-24)31(61-36(50)38(18,8)51)39(9,52)41(40,62-37)30(27)57-21(4)45/h10-15,18,27-33,51-52H,16-17H2,1-9H3. The number of ether oxygens (including phenoxy) is 9. The molecule has 4 heterocycles. The molecule has 2 aliphatic heterocycles. The number of hydrogen-bond donors (Lipinski definition) is 2. The molecule has 1 spiro atoms. The van der Waals surface area contributed by atoms with Gasteiger partial charge >= 0.3 is 47.8 Å². The summed E-state index contributed by atoms with van der Waals surface area (Å²) in [6.45, 7) is 7.57. The monoisotopic (exact) mass is 873 g/mol. The summed E-state index contributed by atoms with van der Waals surface area (Å²) in [7, 11) is 0. The summed E-state index contributed by atoms with van der Waals surface area (Å²) in [4.78, 5) is 113. The highest BCUT2D eigenvalue weighted by molar-refractivity contribution is 5.92. The highest BCUT2D eigenvalue weighted by Gasteiger charge is 2.92. The topological polar surface area (TPSA) is 286 Å². The molecule has 62 heavy (non-hydrogen) atoms. The number of cyclic esters (lactones) is 1. The number of pyridine rings is 1. The molecule has 336 valence electrons. The van der Waals surface area contributed by atoms with Gasteiger partial charge in [0.25, 0.3) is 0 Å². The van der Waals surface area contributed by atoms with Gasteiger partial charge in [-0.2, -0.15) is 0 Å². The summed E-state index contributed by atoms with van der Waals surface area (Å²) < 4.78 is 59.7. The van der Waals surface area contributed by atoms with Gasteiger partial charge < -0.3 is 57.3 Å². The van der Waals surface area contributed by atoms with Crippen molar-refractivity contribution in [3.05, 3.63) is 53.7 Å². The van der Waals surface area contributed by atoms with Gasteiger partial charge in [0.05, 0.1) is 23.3 Å². The number of carbonyl (C=O) groups excluding carboxylic acids is 8. The molecule has 2 N–H and O–H groups in total. The number of fused-ring (bicyclic) bond motifs is 5. The zero-order valence-corrected chi connectivity index (χ0v) is 35.2. The Morgan fingerprint density at radius 1 is 0.806 bits per heavy atom. The first kappa shape index (κ1) is 45.6. The Balaban J connectivity index is 1.81. The normalized spacial score (nSPS) is 37.3. The summed E-state index contributed by atoms with van der Waals surface area (Å²) in [6, 6.07) is 2.53. The average Bonchev–Trinajstić information content (AvgIpc) is 3.79. The fourth-order valence-corrected chi connectivity index (χ4v) is 9.67. The van der Waals surface area contributed by atoms with E-state index >= 15 is 0 Å². The van der Waals surface area contributed by atoms with E-state index in [9.17, 15) is 48.6 Å². The first-order chi connectivity index (χ1) is 28.9. The fourth-order valence-electron chi connectivity index (χ4n) is 9.67. The molecule has 0 radical (unpaired) electrons. The van der Waals surface area contributed by atoms with Gasteiger partial charge in [0.15, 0.2) is 35.6 Å². The number of esters is 8. The summed E-state index contributed by atoms with van der Waals surface area (Å²) in [5.41, 5.74) is -13.8. The molecule has 13 unspecified atom stereocenters. The Morgan fingerprint density at radius 3 is 1.97 bits per heavy atom. The van der Waals surface area contributed by atoms with E-state index < -0.39 is 137 Å². The summed E-state index contributed by atoms with van der Waals surface area (Å²) >= 11 is 0. The molecular formula is C41H47NO20. The largest absolute Gasteiger partial charge is 0.472 e. The molecule has 21 heteroatoms. The lowest BCUT2D eigenvalue weighted by molar-refractivity contribution is -0.386. The van der Waals surface area contributed by atoms with E-state index in [0.717, 1.165) is 67.2 Å². The molecule has 21 nitrogen and oxygen atoms in total. The van der Waals surface area contributed by atoms with Crippen molar-refractivity contribution in [2.45, 2.75) is 127 Å². The minimum atomic E-state index is -3.01. The molecule has 0 aromatic carbocycles. The lowest BCUT2D eigenvalue weighted by Crippen LogP contribution is -2.89. The van der Waals surface area contributed by atoms with Crippen LogP contribution in [0.15, 0.2) is 41.5 Å². The van der Waals surface area contributed by atoms with Crippen LogP contribution in [-0.4, -0.2) is 135 Å². The molecule has 1 saturated heterocycles. The predicted octanol–water partition coefficient (Wildman–Crippen LogP) is 1.04. The van der Waals surface area contributed by atoms with Gasteiger partial charge in [0, 0.05) is 52.9 Å². The van der Waals surface area contributed by atoms with E-state index in [1.807, 2.05) is 0 Å². The van der Waals surface area contributed by atoms with Crippen LogP contribution in [0.4, 0.5) is 0 Å². The highest BCUT2D eigenvalue weighted by Crippen LogP contribution is 2.70. The summed E-state index contributed by atoms with van der Waals surface area (Å²) in [6.07, 6.45) is -8.39. The van der Waals surface area contributed by atoms with Crippen molar-refractivity contribution in [3.63, 3.8) is 0 Å². The van der Waals surface area contributed by atoms with Crippen LogP contribution in [0, 0.1) is 11.3 Å². The van der Waals surface area contributed by atoms with Crippen molar-refractivity contribution in [2.24, 2.45) is 11.3 Å². The second kappa shape index (κ2) is 16.1. The SMILES string of the molecule is CC(=O)OCC12C(OC(C)=O)C(OC(C)=O)C3C(OC(C)=O)C14OC3(C)COC(=O)c1cnccc1C(C)C(C)(O)C(=O)OC(C(OC(=O)c1ccoc1)C2OC(C)=O)C4(C)O. The van der Waals surface area contributed by atoms with Crippen molar-refractivity contribution >= 4 is 47.8 Å². The minimum Gasteiger partial charge on any atom is -0.472 e. The van der Waals surface area contributed by atoms with Gasteiger partial charge in [0.2, 0.25) is 0 Å². The van der Waals surface area contributed by atoms with Crippen molar-refractivity contribution in [3.8, 4) is 0 Å². The third-order valence-corrected chi connectivity index (χ3v) is 12.3. The molecule has 13 atom stereocenters. The van der Waals surface area contributed by atoms with E-state index in [0.29, 0.717) is 0 Å². The van der Waals surface area contributed by atoms with E-state index in [1.165, 1.54) is 32.2 Å². The van der Waals surface area contributed by atoms with E-state index in [4.69, 9.17) is 47.0 Å². The molecule has 3 fully saturated rings. The van der Waals surface area contributed by atoms with Gasteiger partial charge in [-0.3, -0.25) is 29.0 Å². The Bertz CT molecular complexity index is 2170. The molecule has 4 bridgehead atoms. The van der Waals surface area contributed by atoms with E-state index in [2.05, 4.69) is 4.98 Å². The minimum absolute atomic E-state index is 0.0405. The lowest BCUT2D eigenvalue weighted by Gasteiger charge is -2.67. The lowest BCUT2D eigenvalue weighted by atomic mass is 9.45. The molecule has 2 saturated carbocycles. The van der Waals surface area contributed by atoms with Crippen molar-refractivity contribution in [1.29, 1.82) is 0 Å². The number of furan rings is 1. The van der Waals surface area contributed by atoms with Gasteiger partial charge in [-0.05, 0) is 38.5 Å².